The van der Waals surface area contributed by atoms with Gasteiger partial charge in [-0.15, -0.1) is 6.42 Å². The van der Waals surface area contributed by atoms with Gasteiger partial charge in [0.2, 0.25) is 0 Å². The molecule has 0 aromatic heterocycles. The van der Waals surface area contributed by atoms with Crippen molar-refractivity contribution in [2.24, 2.45) is 0 Å². The number of ether oxygens (including phenoxy) is 1. The highest BCUT2D eigenvalue weighted by atomic mass is 31.2. The summed E-state index contributed by atoms with van der Waals surface area (Å²) >= 11 is 0. The van der Waals surface area contributed by atoms with E-state index in [1.807, 2.05) is 6.07 Å². The zero-order valence-electron chi connectivity index (χ0n) is 12.4. The standard InChI is InChI=1S/C17H18NO4P/c1-2-11-22-16-10-6-7-14(12-16)13-18-17(23(19,20)21)15-8-4-3-5-9-15/h1,3-10,12,17-18H,11,13H2,(H2,19,20,21). The molecular formula is C17H18NO4P. The van der Waals surface area contributed by atoms with Gasteiger partial charge in [0.05, 0.1) is 0 Å². The molecule has 6 heteroatoms. The van der Waals surface area contributed by atoms with Crippen LogP contribution in [0.25, 0.3) is 0 Å². The van der Waals surface area contributed by atoms with Gasteiger partial charge in [-0.05, 0) is 23.3 Å². The molecule has 3 N–H and O–H groups in total. The van der Waals surface area contributed by atoms with Crippen molar-refractivity contribution in [3.63, 3.8) is 0 Å². The molecule has 2 rings (SSSR count). The summed E-state index contributed by atoms with van der Waals surface area (Å²) in [6, 6.07) is 15.9. The summed E-state index contributed by atoms with van der Waals surface area (Å²) < 4.78 is 17.1. The van der Waals surface area contributed by atoms with Gasteiger partial charge < -0.3 is 14.5 Å². The van der Waals surface area contributed by atoms with E-state index in [0.717, 1.165) is 5.56 Å². The van der Waals surface area contributed by atoms with Gasteiger partial charge in [0.25, 0.3) is 0 Å². The van der Waals surface area contributed by atoms with Crippen molar-refractivity contribution in [2.45, 2.75) is 12.3 Å². The van der Waals surface area contributed by atoms with Crippen molar-refractivity contribution in [3.05, 3.63) is 65.7 Å². The minimum absolute atomic E-state index is 0.173. The fourth-order valence-electron chi connectivity index (χ4n) is 2.15. The monoisotopic (exact) mass is 331 g/mol. The molecule has 1 atom stereocenters. The Morgan fingerprint density at radius 1 is 1.17 bits per heavy atom. The Morgan fingerprint density at radius 2 is 1.91 bits per heavy atom. The van der Waals surface area contributed by atoms with Crippen LogP contribution in [-0.4, -0.2) is 16.4 Å². The summed E-state index contributed by atoms with van der Waals surface area (Å²) in [6.07, 6.45) is 5.15. The first-order valence-electron chi connectivity index (χ1n) is 6.99. The van der Waals surface area contributed by atoms with Crippen molar-refractivity contribution in [1.82, 2.24) is 5.32 Å². The maximum absolute atomic E-state index is 11.7. The molecule has 0 aliphatic rings. The van der Waals surface area contributed by atoms with E-state index in [2.05, 4.69) is 11.2 Å². The van der Waals surface area contributed by atoms with E-state index in [9.17, 15) is 14.4 Å². The number of hydrogen-bond acceptors (Lipinski definition) is 3. The zero-order valence-corrected chi connectivity index (χ0v) is 13.3. The Labute approximate surface area is 135 Å². The van der Waals surface area contributed by atoms with Gasteiger partial charge in [-0.1, -0.05) is 48.4 Å². The van der Waals surface area contributed by atoms with E-state index in [1.54, 1.807) is 48.5 Å². The molecule has 0 saturated heterocycles. The number of rotatable bonds is 7. The van der Waals surface area contributed by atoms with E-state index >= 15 is 0 Å². The zero-order chi connectivity index (χ0) is 16.7. The largest absolute Gasteiger partial charge is 0.481 e. The Balaban J connectivity index is 2.10. The third kappa shape index (κ3) is 5.24. The normalized spacial score (nSPS) is 12.4. The number of benzene rings is 2. The lowest BCUT2D eigenvalue weighted by Crippen LogP contribution is -2.21. The minimum Gasteiger partial charge on any atom is -0.481 e. The highest BCUT2D eigenvalue weighted by molar-refractivity contribution is 7.52. The highest BCUT2D eigenvalue weighted by Gasteiger charge is 2.29. The molecule has 0 aliphatic carbocycles. The molecule has 2 aromatic rings. The second-order valence-corrected chi connectivity index (χ2v) is 6.62. The van der Waals surface area contributed by atoms with Crippen LogP contribution >= 0.6 is 7.60 Å². The summed E-state index contributed by atoms with van der Waals surface area (Å²) in [5, 5.41) is 2.92. The lowest BCUT2D eigenvalue weighted by atomic mass is 10.2. The van der Waals surface area contributed by atoms with Gasteiger partial charge in [0.15, 0.2) is 0 Å². The maximum Gasteiger partial charge on any atom is 0.346 e. The SMILES string of the molecule is C#CCOc1cccc(CNC(c2ccccc2)P(=O)(O)O)c1. The second-order valence-electron chi connectivity index (χ2n) is 4.92. The van der Waals surface area contributed by atoms with Crippen LogP contribution in [0.3, 0.4) is 0 Å². The summed E-state index contributed by atoms with van der Waals surface area (Å²) in [6.45, 7) is 0.462. The molecule has 23 heavy (non-hydrogen) atoms. The van der Waals surface area contributed by atoms with E-state index in [4.69, 9.17) is 11.2 Å². The average Bonchev–Trinajstić information content (AvgIpc) is 2.53. The molecule has 5 nitrogen and oxygen atoms in total. The molecular weight excluding hydrogens is 313 g/mol. The maximum atomic E-state index is 11.7. The van der Waals surface area contributed by atoms with Crippen molar-refractivity contribution < 1.29 is 19.1 Å². The molecule has 0 heterocycles. The summed E-state index contributed by atoms with van der Waals surface area (Å²) in [5.74, 6) is 1.95. The molecule has 120 valence electrons. The Bertz CT molecular complexity index is 721. The smallest absolute Gasteiger partial charge is 0.346 e. The second kappa shape index (κ2) is 7.96. The van der Waals surface area contributed by atoms with Crippen molar-refractivity contribution in [3.8, 4) is 18.1 Å². The summed E-state index contributed by atoms with van der Waals surface area (Å²) in [7, 11) is -4.33. The molecule has 2 aromatic carbocycles. The van der Waals surface area contributed by atoms with Crippen LogP contribution in [0, 0.1) is 12.3 Å². The highest BCUT2D eigenvalue weighted by Crippen LogP contribution is 2.49. The molecule has 1 unspecified atom stereocenters. The molecule has 0 radical (unpaired) electrons. The Morgan fingerprint density at radius 3 is 2.57 bits per heavy atom. The molecule has 0 bridgehead atoms. The summed E-state index contributed by atoms with van der Waals surface area (Å²) in [4.78, 5) is 19.2. The lowest BCUT2D eigenvalue weighted by molar-refractivity contribution is 0.347. The lowest BCUT2D eigenvalue weighted by Gasteiger charge is -2.20. The number of terminal acetylenes is 1. The molecule has 0 fully saturated rings. The van der Waals surface area contributed by atoms with Crippen molar-refractivity contribution in [1.29, 1.82) is 0 Å². The Hall–Kier alpha value is -2.09. The van der Waals surface area contributed by atoms with Gasteiger partial charge in [0.1, 0.15) is 18.1 Å². The first kappa shape index (κ1) is 17.3. The Kier molecular flexibility index (Phi) is 5.97. The molecule has 0 amide bonds. The molecule has 0 aliphatic heterocycles. The van der Waals surface area contributed by atoms with Crippen LogP contribution < -0.4 is 10.1 Å². The van der Waals surface area contributed by atoms with E-state index in [0.29, 0.717) is 11.3 Å². The third-order valence-electron chi connectivity index (χ3n) is 3.17. The van der Waals surface area contributed by atoms with Crippen molar-refractivity contribution >= 4 is 7.60 Å². The van der Waals surface area contributed by atoms with Gasteiger partial charge >= 0.3 is 7.60 Å². The topological polar surface area (TPSA) is 78.8 Å². The fraction of sp³-hybridized carbons (Fsp3) is 0.176. The summed E-state index contributed by atoms with van der Waals surface area (Å²) in [5.41, 5.74) is 1.38. The third-order valence-corrected chi connectivity index (χ3v) is 4.33. The van der Waals surface area contributed by atoms with E-state index < -0.39 is 13.4 Å². The minimum atomic E-state index is -4.33. The van der Waals surface area contributed by atoms with Gasteiger partial charge in [-0.3, -0.25) is 9.88 Å². The van der Waals surface area contributed by atoms with Gasteiger partial charge in [0, 0.05) is 6.54 Å². The average molecular weight is 331 g/mol. The molecule has 0 spiro atoms. The molecule has 0 saturated carbocycles. The van der Waals surface area contributed by atoms with Crippen LogP contribution in [-0.2, 0) is 11.1 Å². The van der Waals surface area contributed by atoms with Crippen LogP contribution in [0.1, 0.15) is 16.9 Å². The predicted molar refractivity (Wildman–Crippen MR) is 88.8 cm³/mol. The fourth-order valence-corrected chi connectivity index (χ4v) is 3.04. The predicted octanol–water partition coefficient (Wildman–Crippen LogP) is 2.66. The first-order chi connectivity index (χ1) is 11.0. The number of hydrogen-bond donors (Lipinski definition) is 3. The first-order valence-corrected chi connectivity index (χ1v) is 8.67. The van der Waals surface area contributed by atoms with Gasteiger partial charge in [-0.25, -0.2) is 0 Å². The number of nitrogens with one attached hydrogen (secondary N) is 1. The van der Waals surface area contributed by atoms with E-state index in [1.165, 1.54) is 0 Å². The quantitative estimate of drug-likeness (QED) is 0.537. The van der Waals surface area contributed by atoms with Crippen LogP contribution in [0.2, 0.25) is 0 Å². The van der Waals surface area contributed by atoms with Gasteiger partial charge in [-0.2, -0.15) is 0 Å². The van der Waals surface area contributed by atoms with Crippen LogP contribution in [0.5, 0.6) is 5.75 Å². The van der Waals surface area contributed by atoms with E-state index in [-0.39, 0.29) is 13.2 Å². The van der Waals surface area contributed by atoms with Crippen LogP contribution in [0.15, 0.2) is 54.6 Å². The van der Waals surface area contributed by atoms with Crippen molar-refractivity contribution in [2.75, 3.05) is 6.61 Å². The van der Waals surface area contributed by atoms with Crippen LogP contribution in [0.4, 0.5) is 0 Å².